The van der Waals surface area contributed by atoms with Gasteiger partial charge in [-0.25, -0.2) is 0 Å². The van der Waals surface area contributed by atoms with Gasteiger partial charge in [-0.2, -0.15) is 18.2 Å². The van der Waals surface area contributed by atoms with E-state index in [1.165, 1.54) is 0 Å². The number of aromatic nitrogens is 1. The summed E-state index contributed by atoms with van der Waals surface area (Å²) < 4.78 is 76.6. The Morgan fingerprint density at radius 1 is 1.17 bits per heavy atom. The molecule has 0 unspecified atom stereocenters. The van der Waals surface area contributed by atoms with Gasteiger partial charge in [-0.3, -0.25) is 0 Å². The van der Waals surface area contributed by atoms with Crippen LogP contribution in [0.2, 0.25) is 0 Å². The lowest BCUT2D eigenvalue weighted by Gasteiger charge is -2.15. The van der Waals surface area contributed by atoms with Crippen LogP contribution in [-0.2, 0) is 12.7 Å². The topological polar surface area (TPSA) is 74.2 Å². The second-order valence-electron chi connectivity index (χ2n) is 3.12. The fourth-order valence-electron chi connectivity index (χ4n) is 1.21. The molecule has 0 atom stereocenters. The summed E-state index contributed by atoms with van der Waals surface area (Å²) in [5, 5.41) is 0. The van der Waals surface area contributed by atoms with Gasteiger partial charge in [0, 0.05) is 18.2 Å². The molecule has 0 fully saturated rings. The molecule has 18 heavy (non-hydrogen) atoms. The van der Waals surface area contributed by atoms with Crippen molar-refractivity contribution in [3.8, 4) is 5.88 Å². The summed E-state index contributed by atoms with van der Waals surface area (Å²) in [6, 6.07) is 0.103. The average Bonchev–Trinajstić information content (AvgIpc) is 2.12. The van der Waals surface area contributed by atoms with Gasteiger partial charge in [-0.05, 0) is 0 Å². The Hall–Kier alpha value is -1.71. The van der Waals surface area contributed by atoms with Crippen molar-refractivity contribution < 1.29 is 31.1 Å². The number of nitrogen functional groups attached to an aromatic ring is 1. The van der Waals surface area contributed by atoms with Crippen LogP contribution in [0.3, 0.4) is 0 Å². The van der Waals surface area contributed by atoms with Gasteiger partial charge >= 0.3 is 12.5 Å². The first-order chi connectivity index (χ1) is 8.04. The van der Waals surface area contributed by atoms with E-state index in [9.17, 15) is 26.3 Å². The highest BCUT2D eigenvalue weighted by Gasteiger charge is 2.37. The molecule has 1 heterocycles. The highest BCUT2D eigenvalue weighted by atomic mass is 19.4. The molecular formula is C8H7F6N3O. The predicted octanol–water partition coefficient (Wildman–Crippen LogP) is 2.04. The van der Waals surface area contributed by atoms with Crippen molar-refractivity contribution >= 4 is 5.82 Å². The zero-order valence-corrected chi connectivity index (χ0v) is 8.56. The van der Waals surface area contributed by atoms with Crippen molar-refractivity contribution in [1.29, 1.82) is 0 Å². The van der Waals surface area contributed by atoms with Crippen LogP contribution in [0.25, 0.3) is 0 Å². The first kappa shape index (κ1) is 14.4. The molecule has 1 aromatic rings. The Kier molecular flexibility index (Phi) is 3.60. The average molecular weight is 275 g/mol. The number of alkyl halides is 6. The molecule has 1 aromatic heterocycles. The lowest BCUT2D eigenvalue weighted by atomic mass is 10.1. The van der Waals surface area contributed by atoms with E-state index in [-0.39, 0.29) is 6.07 Å². The molecule has 1 rings (SSSR count). The first-order valence-corrected chi connectivity index (χ1v) is 4.37. The smallest absolute Gasteiger partial charge is 0.388 e. The number of rotatable bonds is 2. The molecule has 0 aromatic carbocycles. The number of anilines is 1. The monoisotopic (exact) mass is 275 g/mol. The zero-order valence-electron chi connectivity index (χ0n) is 8.56. The van der Waals surface area contributed by atoms with Crippen LogP contribution in [0.4, 0.5) is 32.2 Å². The fraction of sp³-hybridized carbons (Fsp3) is 0.375. The van der Waals surface area contributed by atoms with Crippen molar-refractivity contribution in [3.05, 3.63) is 17.2 Å². The largest absolute Gasteiger partial charge is 0.574 e. The highest BCUT2D eigenvalue weighted by molar-refractivity contribution is 5.48. The normalized spacial score (nSPS) is 12.6. The molecular weight excluding hydrogens is 268 g/mol. The lowest BCUT2D eigenvalue weighted by molar-refractivity contribution is -0.276. The van der Waals surface area contributed by atoms with E-state index < -0.39 is 41.9 Å². The predicted molar refractivity (Wildman–Crippen MR) is 48.2 cm³/mol. The Morgan fingerprint density at radius 2 is 1.72 bits per heavy atom. The number of hydrogen-bond donors (Lipinski definition) is 2. The second-order valence-corrected chi connectivity index (χ2v) is 3.12. The molecule has 102 valence electrons. The number of hydrogen-bond acceptors (Lipinski definition) is 4. The van der Waals surface area contributed by atoms with Crippen molar-refractivity contribution in [2.75, 3.05) is 5.73 Å². The third kappa shape index (κ3) is 3.39. The molecule has 0 spiro atoms. The molecule has 0 bridgehead atoms. The molecule has 4 nitrogen and oxygen atoms in total. The fourth-order valence-corrected chi connectivity index (χ4v) is 1.21. The van der Waals surface area contributed by atoms with Gasteiger partial charge in [0.25, 0.3) is 0 Å². The van der Waals surface area contributed by atoms with Crippen LogP contribution in [0.15, 0.2) is 6.07 Å². The zero-order chi connectivity index (χ0) is 14.1. The third-order valence-corrected chi connectivity index (χ3v) is 1.86. The van der Waals surface area contributed by atoms with E-state index in [2.05, 4.69) is 9.72 Å². The molecule has 4 N–H and O–H groups in total. The van der Waals surface area contributed by atoms with Crippen LogP contribution in [0.1, 0.15) is 11.1 Å². The summed E-state index contributed by atoms with van der Waals surface area (Å²) in [6.07, 6.45) is -10.1. The van der Waals surface area contributed by atoms with Gasteiger partial charge in [0.2, 0.25) is 5.88 Å². The molecule has 0 radical (unpaired) electrons. The SMILES string of the molecule is NCc1c(C(F)(F)F)cc(OC(F)(F)F)nc1N. The lowest BCUT2D eigenvalue weighted by Crippen LogP contribution is -2.21. The number of ether oxygens (including phenoxy) is 1. The molecule has 0 saturated heterocycles. The van der Waals surface area contributed by atoms with E-state index >= 15 is 0 Å². The van der Waals surface area contributed by atoms with E-state index in [4.69, 9.17) is 11.5 Å². The van der Waals surface area contributed by atoms with Crippen LogP contribution in [0.5, 0.6) is 5.88 Å². The summed E-state index contributed by atoms with van der Waals surface area (Å²) in [5.41, 5.74) is 8.16. The third-order valence-electron chi connectivity index (χ3n) is 1.86. The van der Waals surface area contributed by atoms with Gasteiger partial charge < -0.3 is 16.2 Å². The quantitative estimate of drug-likeness (QED) is 0.810. The summed E-state index contributed by atoms with van der Waals surface area (Å²) >= 11 is 0. The molecule has 0 amide bonds. The number of nitrogens with two attached hydrogens (primary N) is 2. The maximum Gasteiger partial charge on any atom is 0.574 e. The van der Waals surface area contributed by atoms with E-state index in [1.54, 1.807) is 0 Å². The van der Waals surface area contributed by atoms with E-state index in [0.29, 0.717) is 0 Å². The highest BCUT2D eigenvalue weighted by Crippen LogP contribution is 2.36. The number of nitrogens with zero attached hydrogens (tertiary/aromatic N) is 1. The van der Waals surface area contributed by atoms with E-state index in [1.807, 2.05) is 0 Å². The van der Waals surface area contributed by atoms with Gasteiger partial charge in [-0.1, -0.05) is 0 Å². The van der Waals surface area contributed by atoms with Gasteiger partial charge in [-0.15, -0.1) is 13.2 Å². The van der Waals surface area contributed by atoms with Crippen LogP contribution < -0.4 is 16.2 Å². The molecule has 0 aliphatic rings. The number of halogens is 6. The maximum atomic E-state index is 12.6. The van der Waals surface area contributed by atoms with Crippen LogP contribution in [-0.4, -0.2) is 11.3 Å². The van der Waals surface area contributed by atoms with Gasteiger partial charge in [0.1, 0.15) is 5.82 Å². The molecule has 0 aliphatic carbocycles. The Bertz CT molecular complexity index is 442. The first-order valence-electron chi connectivity index (χ1n) is 4.37. The van der Waals surface area contributed by atoms with Crippen molar-refractivity contribution in [2.24, 2.45) is 5.73 Å². The summed E-state index contributed by atoms with van der Waals surface area (Å²) in [7, 11) is 0. The molecule has 10 heteroatoms. The number of pyridine rings is 1. The minimum atomic E-state index is -5.16. The van der Waals surface area contributed by atoms with Crippen molar-refractivity contribution in [1.82, 2.24) is 4.98 Å². The molecule has 0 aliphatic heterocycles. The van der Waals surface area contributed by atoms with Crippen LogP contribution in [0, 0.1) is 0 Å². The van der Waals surface area contributed by atoms with Gasteiger partial charge in [0.05, 0.1) is 5.56 Å². The van der Waals surface area contributed by atoms with Gasteiger partial charge in [0.15, 0.2) is 0 Å². The Morgan fingerprint density at radius 3 is 2.11 bits per heavy atom. The van der Waals surface area contributed by atoms with Crippen LogP contribution >= 0.6 is 0 Å². The Balaban J connectivity index is 3.31. The minimum Gasteiger partial charge on any atom is -0.388 e. The minimum absolute atomic E-state index is 0.103. The Labute approximate surface area is 96.5 Å². The van der Waals surface area contributed by atoms with E-state index in [0.717, 1.165) is 0 Å². The molecule has 0 saturated carbocycles. The van der Waals surface area contributed by atoms with Crippen molar-refractivity contribution in [2.45, 2.75) is 19.1 Å². The standard InChI is InChI=1S/C8H7F6N3O/c9-7(10,11)4-1-5(18-8(12,13)14)17-6(16)3(4)2-15/h1H,2,15H2,(H2,16,17). The summed E-state index contributed by atoms with van der Waals surface area (Å²) in [6.45, 7) is -0.611. The van der Waals surface area contributed by atoms with Crippen molar-refractivity contribution in [3.63, 3.8) is 0 Å². The summed E-state index contributed by atoms with van der Waals surface area (Å²) in [5.74, 6) is -2.05. The maximum absolute atomic E-state index is 12.6. The summed E-state index contributed by atoms with van der Waals surface area (Å²) in [4.78, 5) is 3.06. The second kappa shape index (κ2) is 4.52.